The van der Waals surface area contributed by atoms with Crippen molar-refractivity contribution in [2.24, 2.45) is 0 Å². The maximum atomic E-state index is 3.96. The molecule has 0 fully saturated rings. The minimum absolute atomic E-state index is 0.531. The predicted octanol–water partition coefficient (Wildman–Crippen LogP) is 2.26. The molecule has 1 aliphatic heterocycles. The lowest BCUT2D eigenvalue weighted by Crippen LogP contribution is -2.28. The molecule has 1 N–H and O–H groups in total. The first-order valence-electron chi connectivity index (χ1n) is 4.24. The summed E-state index contributed by atoms with van der Waals surface area (Å²) < 4.78 is 0. The summed E-state index contributed by atoms with van der Waals surface area (Å²) in [7, 11) is 0. The molecule has 1 aliphatic rings. The highest BCUT2D eigenvalue weighted by molar-refractivity contribution is 5.09. The standard InChI is InChI=1S/C10H17N/c1-8(2)10-5-4-9(3)6-7-11-10/h6,10-11H,1,4-5,7H2,2-3H3. The number of nitrogens with one attached hydrogen (secondary N) is 1. The van der Waals surface area contributed by atoms with E-state index in [1.54, 1.807) is 0 Å². The summed E-state index contributed by atoms with van der Waals surface area (Å²) in [6.45, 7) is 9.26. The van der Waals surface area contributed by atoms with E-state index in [9.17, 15) is 0 Å². The number of hydrogen-bond acceptors (Lipinski definition) is 1. The van der Waals surface area contributed by atoms with Crippen molar-refractivity contribution in [3.05, 3.63) is 23.8 Å². The Hall–Kier alpha value is -0.560. The van der Waals surface area contributed by atoms with Gasteiger partial charge in [-0.05, 0) is 26.7 Å². The van der Waals surface area contributed by atoms with Gasteiger partial charge in [-0.15, -0.1) is 0 Å². The summed E-state index contributed by atoms with van der Waals surface area (Å²) in [6.07, 6.45) is 4.69. The Morgan fingerprint density at radius 1 is 1.73 bits per heavy atom. The first kappa shape index (κ1) is 8.54. The molecule has 1 nitrogen and oxygen atoms in total. The van der Waals surface area contributed by atoms with Crippen molar-refractivity contribution in [1.29, 1.82) is 0 Å². The minimum atomic E-state index is 0.531. The molecule has 0 aliphatic carbocycles. The SMILES string of the molecule is C=C(C)C1CCC(C)=CCN1. The fourth-order valence-corrected chi connectivity index (χ4v) is 1.37. The zero-order valence-corrected chi connectivity index (χ0v) is 7.48. The minimum Gasteiger partial charge on any atom is -0.307 e. The summed E-state index contributed by atoms with van der Waals surface area (Å²) in [5, 5.41) is 3.44. The predicted molar refractivity (Wildman–Crippen MR) is 49.6 cm³/mol. The number of rotatable bonds is 1. The lowest BCUT2D eigenvalue weighted by atomic mass is 10.0. The first-order valence-corrected chi connectivity index (χ1v) is 4.24. The van der Waals surface area contributed by atoms with Gasteiger partial charge in [-0.25, -0.2) is 0 Å². The van der Waals surface area contributed by atoms with Crippen LogP contribution in [0.4, 0.5) is 0 Å². The Labute approximate surface area is 69.2 Å². The Kier molecular flexibility index (Phi) is 2.89. The van der Waals surface area contributed by atoms with Crippen molar-refractivity contribution in [1.82, 2.24) is 5.32 Å². The van der Waals surface area contributed by atoms with Crippen LogP contribution in [0.25, 0.3) is 0 Å². The average molecular weight is 151 g/mol. The van der Waals surface area contributed by atoms with Gasteiger partial charge in [0.1, 0.15) is 0 Å². The maximum Gasteiger partial charge on any atom is 0.0280 e. The van der Waals surface area contributed by atoms with Crippen molar-refractivity contribution < 1.29 is 0 Å². The Balaban J connectivity index is 2.47. The van der Waals surface area contributed by atoms with E-state index in [1.807, 2.05) is 0 Å². The monoisotopic (exact) mass is 151 g/mol. The molecule has 1 heteroatoms. The van der Waals surface area contributed by atoms with Crippen LogP contribution in [0.5, 0.6) is 0 Å². The van der Waals surface area contributed by atoms with Crippen molar-refractivity contribution in [2.45, 2.75) is 32.7 Å². The van der Waals surface area contributed by atoms with Crippen LogP contribution in [0.2, 0.25) is 0 Å². The molecule has 0 spiro atoms. The van der Waals surface area contributed by atoms with Gasteiger partial charge in [0.05, 0.1) is 0 Å². The molecule has 0 aromatic heterocycles. The van der Waals surface area contributed by atoms with E-state index in [0.717, 1.165) is 6.54 Å². The lowest BCUT2D eigenvalue weighted by Gasteiger charge is -2.14. The molecule has 1 rings (SSSR count). The van der Waals surface area contributed by atoms with Gasteiger partial charge in [-0.3, -0.25) is 0 Å². The summed E-state index contributed by atoms with van der Waals surface area (Å²) in [5.74, 6) is 0. The van der Waals surface area contributed by atoms with Crippen LogP contribution in [-0.4, -0.2) is 12.6 Å². The second kappa shape index (κ2) is 3.72. The van der Waals surface area contributed by atoms with Crippen LogP contribution in [0.1, 0.15) is 26.7 Å². The summed E-state index contributed by atoms with van der Waals surface area (Å²) in [6, 6.07) is 0.531. The molecule has 0 saturated carbocycles. The van der Waals surface area contributed by atoms with Crippen molar-refractivity contribution in [3.8, 4) is 0 Å². The molecule has 1 heterocycles. The van der Waals surface area contributed by atoms with Crippen molar-refractivity contribution in [3.63, 3.8) is 0 Å². The normalized spacial score (nSPS) is 25.6. The summed E-state index contributed by atoms with van der Waals surface area (Å²) in [5.41, 5.74) is 2.76. The van der Waals surface area contributed by atoms with Crippen molar-refractivity contribution >= 4 is 0 Å². The molecule has 0 amide bonds. The highest BCUT2D eigenvalue weighted by Crippen LogP contribution is 2.14. The second-order valence-electron chi connectivity index (χ2n) is 3.40. The zero-order valence-electron chi connectivity index (χ0n) is 7.48. The topological polar surface area (TPSA) is 12.0 Å². The van der Waals surface area contributed by atoms with Gasteiger partial charge in [0.15, 0.2) is 0 Å². The third-order valence-electron chi connectivity index (χ3n) is 2.24. The van der Waals surface area contributed by atoms with E-state index in [1.165, 1.54) is 24.0 Å². The molecule has 1 atom stereocenters. The van der Waals surface area contributed by atoms with Gasteiger partial charge in [-0.2, -0.15) is 0 Å². The molecule has 0 aromatic carbocycles. The number of allylic oxidation sites excluding steroid dienone is 1. The van der Waals surface area contributed by atoms with Gasteiger partial charge in [0.25, 0.3) is 0 Å². The van der Waals surface area contributed by atoms with E-state index >= 15 is 0 Å². The van der Waals surface area contributed by atoms with Crippen LogP contribution < -0.4 is 5.32 Å². The van der Waals surface area contributed by atoms with E-state index in [2.05, 4.69) is 31.8 Å². The van der Waals surface area contributed by atoms with Gasteiger partial charge < -0.3 is 5.32 Å². The third kappa shape index (κ3) is 2.51. The molecule has 0 aromatic rings. The van der Waals surface area contributed by atoms with Gasteiger partial charge in [-0.1, -0.05) is 23.8 Å². The Morgan fingerprint density at radius 3 is 3.09 bits per heavy atom. The molecule has 0 bridgehead atoms. The summed E-state index contributed by atoms with van der Waals surface area (Å²) >= 11 is 0. The van der Waals surface area contributed by atoms with Gasteiger partial charge in [0, 0.05) is 12.6 Å². The molecular weight excluding hydrogens is 134 g/mol. The third-order valence-corrected chi connectivity index (χ3v) is 2.24. The Bertz CT molecular complexity index is 179. The highest BCUT2D eigenvalue weighted by atomic mass is 14.9. The van der Waals surface area contributed by atoms with Crippen LogP contribution in [0, 0.1) is 0 Å². The number of hydrogen-bond donors (Lipinski definition) is 1. The van der Waals surface area contributed by atoms with Crippen LogP contribution in [0.3, 0.4) is 0 Å². The largest absolute Gasteiger partial charge is 0.307 e. The molecule has 11 heavy (non-hydrogen) atoms. The van der Waals surface area contributed by atoms with Crippen molar-refractivity contribution in [2.75, 3.05) is 6.54 Å². The lowest BCUT2D eigenvalue weighted by molar-refractivity contribution is 0.580. The highest BCUT2D eigenvalue weighted by Gasteiger charge is 2.10. The summed E-state index contributed by atoms with van der Waals surface area (Å²) in [4.78, 5) is 0. The average Bonchev–Trinajstić information content (AvgIpc) is 2.13. The molecule has 62 valence electrons. The molecule has 0 radical (unpaired) electrons. The Morgan fingerprint density at radius 2 is 2.45 bits per heavy atom. The van der Waals surface area contributed by atoms with Crippen LogP contribution in [-0.2, 0) is 0 Å². The van der Waals surface area contributed by atoms with Gasteiger partial charge in [0.2, 0.25) is 0 Å². The fraction of sp³-hybridized carbons (Fsp3) is 0.600. The van der Waals surface area contributed by atoms with E-state index < -0.39 is 0 Å². The van der Waals surface area contributed by atoms with E-state index in [0.29, 0.717) is 6.04 Å². The smallest absolute Gasteiger partial charge is 0.0280 e. The molecular formula is C10H17N. The second-order valence-corrected chi connectivity index (χ2v) is 3.40. The van der Waals surface area contributed by atoms with E-state index in [-0.39, 0.29) is 0 Å². The fourth-order valence-electron chi connectivity index (χ4n) is 1.37. The first-order chi connectivity index (χ1) is 5.20. The van der Waals surface area contributed by atoms with E-state index in [4.69, 9.17) is 0 Å². The maximum absolute atomic E-state index is 3.96. The quantitative estimate of drug-likeness (QED) is 0.567. The van der Waals surface area contributed by atoms with Crippen LogP contribution in [0.15, 0.2) is 23.8 Å². The molecule has 0 saturated heterocycles. The van der Waals surface area contributed by atoms with Gasteiger partial charge >= 0.3 is 0 Å². The zero-order chi connectivity index (χ0) is 8.27. The van der Waals surface area contributed by atoms with Crippen LogP contribution >= 0.6 is 0 Å². The molecule has 1 unspecified atom stereocenters.